The van der Waals surface area contributed by atoms with Crippen LogP contribution in [0.2, 0.25) is 10.0 Å². The number of hydrogen-bond acceptors (Lipinski definition) is 4. The van der Waals surface area contributed by atoms with E-state index in [4.69, 9.17) is 33.2 Å². The van der Waals surface area contributed by atoms with Gasteiger partial charge in [-0.1, -0.05) is 90.6 Å². The molecular formula is C33H32Cl2N4O2. The molecule has 210 valence electrons. The number of benzene rings is 3. The first-order chi connectivity index (χ1) is 20.0. The molecule has 0 aliphatic carbocycles. The molecule has 1 N–H and O–H groups in total. The lowest BCUT2D eigenvalue weighted by Gasteiger charge is -2.29. The molecule has 6 nitrogen and oxygen atoms in total. The minimum absolute atomic E-state index is 0.0633. The van der Waals surface area contributed by atoms with Crippen molar-refractivity contribution in [3.8, 4) is 22.5 Å². The van der Waals surface area contributed by atoms with Gasteiger partial charge in [-0.05, 0) is 42.7 Å². The zero-order valence-corrected chi connectivity index (χ0v) is 24.3. The van der Waals surface area contributed by atoms with Crippen LogP contribution in [0.4, 0.5) is 5.82 Å². The van der Waals surface area contributed by atoms with E-state index in [1.54, 1.807) is 4.90 Å². The molecule has 0 fully saturated rings. The number of carbonyl (C=O) groups is 2. The largest absolute Gasteiger partial charge is 0.352 e. The first-order valence-corrected chi connectivity index (χ1v) is 14.8. The minimum atomic E-state index is 0.0633. The number of nitrogens with zero attached hydrogens (tertiary/aromatic N) is 3. The highest BCUT2D eigenvalue weighted by Gasteiger charge is 2.28. The van der Waals surface area contributed by atoms with Crippen LogP contribution in [0.15, 0.2) is 78.9 Å². The van der Waals surface area contributed by atoms with Gasteiger partial charge >= 0.3 is 0 Å². The summed E-state index contributed by atoms with van der Waals surface area (Å²) in [5.41, 5.74) is 5.15. The Morgan fingerprint density at radius 3 is 2.02 bits per heavy atom. The molecule has 0 saturated carbocycles. The Labute approximate surface area is 250 Å². The number of fused-ring (bicyclic) bond motifs is 1. The number of anilines is 1. The fraction of sp³-hybridized carbons (Fsp3) is 0.273. The smallest absolute Gasteiger partial charge is 0.228 e. The lowest BCUT2D eigenvalue weighted by molar-refractivity contribution is -0.121. The van der Waals surface area contributed by atoms with E-state index in [-0.39, 0.29) is 11.8 Å². The van der Waals surface area contributed by atoms with Gasteiger partial charge in [-0.2, -0.15) is 0 Å². The summed E-state index contributed by atoms with van der Waals surface area (Å²) in [4.78, 5) is 37.1. The molecule has 1 aliphatic rings. The van der Waals surface area contributed by atoms with Gasteiger partial charge in [-0.15, -0.1) is 0 Å². The summed E-state index contributed by atoms with van der Waals surface area (Å²) in [7, 11) is 0. The van der Waals surface area contributed by atoms with Crippen LogP contribution in [0.3, 0.4) is 0 Å². The summed E-state index contributed by atoms with van der Waals surface area (Å²) in [6, 6.07) is 24.9. The van der Waals surface area contributed by atoms with Crippen molar-refractivity contribution in [2.45, 2.75) is 51.5 Å². The van der Waals surface area contributed by atoms with E-state index in [1.165, 1.54) is 0 Å². The monoisotopic (exact) mass is 586 g/mol. The second kappa shape index (κ2) is 13.7. The Bertz CT molecular complexity index is 1490. The van der Waals surface area contributed by atoms with Crippen LogP contribution in [0, 0.1) is 0 Å². The molecule has 0 spiro atoms. The van der Waals surface area contributed by atoms with Crippen molar-refractivity contribution in [3.05, 3.63) is 100 Å². The average molecular weight is 588 g/mol. The van der Waals surface area contributed by atoms with Crippen LogP contribution in [-0.4, -0.2) is 28.3 Å². The summed E-state index contributed by atoms with van der Waals surface area (Å²) < 4.78 is 0. The topological polar surface area (TPSA) is 75.2 Å². The molecule has 0 atom stereocenters. The molecule has 5 rings (SSSR count). The summed E-state index contributed by atoms with van der Waals surface area (Å²) in [6.07, 6.45) is 4.95. The molecule has 3 aromatic carbocycles. The van der Waals surface area contributed by atoms with E-state index >= 15 is 0 Å². The first kappa shape index (κ1) is 28.8. The number of amides is 2. The minimum Gasteiger partial charge on any atom is -0.352 e. The Balaban J connectivity index is 1.24. The number of halogens is 2. The van der Waals surface area contributed by atoms with E-state index in [9.17, 15) is 9.59 Å². The highest BCUT2D eigenvalue weighted by molar-refractivity contribution is 6.31. The molecular weight excluding hydrogens is 555 g/mol. The third kappa shape index (κ3) is 7.51. The van der Waals surface area contributed by atoms with E-state index in [2.05, 4.69) is 5.32 Å². The Kier molecular flexibility index (Phi) is 9.65. The molecule has 2 amide bonds. The lowest BCUT2D eigenvalue weighted by Crippen LogP contribution is -2.37. The molecule has 8 heteroatoms. The SMILES string of the molecule is O=C(CCCCCCN1C(=O)CCc2nc(-c3ccc(Cl)cc3)c(-c3ccc(Cl)cc3)nc21)NCc1ccccc1. The van der Waals surface area contributed by atoms with Gasteiger partial charge in [0.1, 0.15) is 0 Å². The molecule has 1 aliphatic heterocycles. The lowest BCUT2D eigenvalue weighted by atomic mass is 10.0. The number of carbonyl (C=O) groups excluding carboxylic acids is 2. The molecule has 1 aromatic heterocycles. The zero-order chi connectivity index (χ0) is 28.6. The van der Waals surface area contributed by atoms with Crippen LogP contribution in [0.1, 0.15) is 49.8 Å². The molecule has 41 heavy (non-hydrogen) atoms. The van der Waals surface area contributed by atoms with Crippen LogP contribution < -0.4 is 10.2 Å². The summed E-state index contributed by atoms with van der Waals surface area (Å²) in [5, 5.41) is 4.27. The fourth-order valence-electron chi connectivity index (χ4n) is 4.97. The second-order valence-electron chi connectivity index (χ2n) is 10.2. The van der Waals surface area contributed by atoms with Crippen molar-refractivity contribution in [1.82, 2.24) is 15.3 Å². The average Bonchev–Trinajstić information content (AvgIpc) is 2.99. The summed E-state index contributed by atoms with van der Waals surface area (Å²) in [6.45, 7) is 1.12. The van der Waals surface area contributed by atoms with E-state index < -0.39 is 0 Å². The van der Waals surface area contributed by atoms with Crippen molar-refractivity contribution in [1.29, 1.82) is 0 Å². The van der Waals surface area contributed by atoms with Gasteiger partial charge in [0, 0.05) is 53.5 Å². The van der Waals surface area contributed by atoms with Gasteiger partial charge in [0.15, 0.2) is 5.82 Å². The molecule has 0 saturated heterocycles. The maximum absolute atomic E-state index is 13.0. The van der Waals surface area contributed by atoms with Crippen molar-refractivity contribution in [3.63, 3.8) is 0 Å². The quantitative estimate of drug-likeness (QED) is 0.183. The maximum Gasteiger partial charge on any atom is 0.228 e. The van der Waals surface area contributed by atoms with Crippen molar-refractivity contribution < 1.29 is 9.59 Å². The van der Waals surface area contributed by atoms with Crippen molar-refractivity contribution in [2.24, 2.45) is 0 Å². The van der Waals surface area contributed by atoms with Gasteiger partial charge < -0.3 is 5.32 Å². The van der Waals surface area contributed by atoms with Crippen LogP contribution in [-0.2, 0) is 22.6 Å². The highest BCUT2D eigenvalue weighted by Crippen LogP contribution is 2.35. The Hall–Kier alpha value is -3.74. The number of hydrogen-bond donors (Lipinski definition) is 1. The van der Waals surface area contributed by atoms with Crippen LogP contribution >= 0.6 is 23.2 Å². The van der Waals surface area contributed by atoms with Crippen molar-refractivity contribution >= 4 is 40.8 Å². The third-order valence-corrected chi connectivity index (χ3v) is 7.69. The highest BCUT2D eigenvalue weighted by atomic mass is 35.5. The Morgan fingerprint density at radius 1 is 0.756 bits per heavy atom. The zero-order valence-electron chi connectivity index (χ0n) is 22.8. The Morgan fingerprint density at radius 2 is 1.37 bits per heavy atom. The van der Waals surface area contributed by atoms with Crippen molar-refractivity contribution in [2.75, 3.05) is 11.4 Å². The van der Waals surface area contributed by atoms with E-state index in [0.717, 1.165) is 53.8 Å². The number of rotatable bonds is 11. The van der Waals surface area contributed by atoms with Gasteiger partial charge in [-0.25, -0.2) is 9.97 Å². The van der Waals surface area contributed by atoms with Crippen LogP contribution in [0.5, 0.6) is 0 Å². The van der Waals surface area contributed by atoms with Gasteiger partial charge in [0.2, 0.25) is 11.8 Å². The maximum atomic E-state index is 13.0. The number of unbranched alkanes of at least 4 members (excludes halogenated alkanes) is 3. The number of nitrogens with one attached hydrogen (secondary N) is 1. The summed E-state index contributed by atoms with van der Waals surface area (Å²) in [5.74, 6) is 0.757. The fourth-order valence-corrected chi connectivity index (χ4v) is 5.22. The van der Waals surface area contributed by atoms with Crippen LogP contribution in [0.25, 0.3) is 22.5 Å². The van der Waals surface area contributed by atoms with Gasteiger partial charge in [-0.3, -0.25) is 14.5 Å². The molecule has 0 bridgehead atoms. The predicted octanol–water partition coefficient (Wildman–Crippen LogP) is 7.66. The second-order valence-corrected chi connectivity index (χ2v) is 11.0. The number of aryl methyl sites for hydroxylation is 1. The molecule has 0 radical (unpaired) electrons. The number of aromatic nitrogens is 2. The van der Waals surface area contributed by atoms with E-state index in [1.807, 2.05) is 78.9 Å². The normalized spacial score (nSPS) is 12.7. The molecule has 4 aromatic rings. The van der Waals surface area contributed by atoms with E-state index in [0.29, 0.717) is 53.9 Å². The summed E-state index contributed by atoms with van der Waals surface area (Å²) >= 11 is 12.3. The standard InChI is InChI=1S/C33H32Cl2N4O2/c34-26-15-11-24(12-16-26)31-32(25-13-17-27(35)18-14-25)38-33-28(37-31)19-20-30(41)39(33)21-7-2-1-6-10-29(40)36-22-23-8-4-3-5-9-23/h3-5,8-9,11-18H,1-2,6-7,10,19-22H2,(H,36,40). The first-order valence-electron chi connectivity index (χ1n) is 14.0. The molecule has 2 heterocycles. The predicted molar refractivity (Wildman–Crippen MR) is 165 cm³/mol. The van der Waals surface area contributed by atoms with Gasteiger partial charge in [0.25, 0.3) is 0 Å². The van der Waals surface area contributed by atoms with Gasteiger partial charge in [0.05, 0.1) is 17.1 Å². The third-order valence-electron chi connectivity index (χ3n) is 7.18. The molecule has 0 unspecified atom stereocenters.